The lowest BCUT2D eigenvalue weighted by Gasteiger charge is -2.42. The predicted octanol–water partition coefficient (Wildman–Crippen LogP) is 2.84. The molecule has 0 saturated heterocycles. The number of benzene rings is 1. The van der Waals surface area contributed by atoms with Crippen molar-refractivity contribution in [2.75, 3.05) is 6.61 Å². The molecule has 1 amide bonds. The van der Waals surface area contributed by atoms with Crippen LogP contribution in [0.15, 0.2) is 30.3 Å². The molecule has 1 aromatic rings. The minimum absolute atomic E-state index is 0.124. The molecule has 1 fully saturated rings. The fraction of sp³-hybridized carbons (Fsp3) is 0.529. The van der Waals surface area contributed by atoms with Crippen LogP contribution in [0.5, 0.6) is 0 Å². The minimum Gasteiger partial charge on any atom is -0.465 e. The first-order valence-electron chi connectivity index (χ1n) is 7.52. The first-order chi connectivity index (χ1) is 9.99. The zero-order valence-corrected chi connectivity index (χ0v) is 12.9. The van der Waals surface area contributed by atoms with Gasteiger partial charge in [0.1, 0.15) is 5.41 Å². The van der Waals surface area contributed by atoms with Crippen LogP contribution >= 0.6 is 0 Å². The lowest BCUT2D eigenvalue weighted by atomic mass is 9.62. The number of carbonyl (C=O) groups excluding carboxylic acids is 2. The van der Waals surface area contributed by atoms with Crippen molar-refractivity contribution in [2.45, 2.75) is 39.7 Å². The van der Waals surface area contributed by atoms with Gasteiger partial charge in [-0.05, 0) is 38.2 Å². The van der Waals surface area contributed by atoms with Crippen LogP contribution in [0.2, 0.25) is 0 Å². The van der Waals surface area contributed by atoms with Crippen LogP contribution in [-0.4, -0.2) is 18.5 Å². The van der Waals surface area contributed by atoms with Crippen molar-refractivity contribution in [1.29, 1.82) is 0 Å². The molecule has 4 nitrogen and oxygen atoms in total. The van der Waals surface area contributed by atoms with Gasteiger partial charge in [-0.15, -0.1) is 0 Å². The Morgan fingerprint density at radius 3 is 2.48 bits per heavy atom. The van der Waals surface area contributed by atoms with Crippen LogP contribution in [0.1, 0.15) is 45.2 Å². The summed E-state index contributed by atoms with van der Waals surface area (Å²) in [5.41, 5.74) is 0.0376. The van der Waals surface area contributed by atoms with Gasteiger partial charge in [0, 0.05) is 0 Å². The summed E-state index contributed by atoms with van der Waals surface area (Å²) in [5, 5.41) is 2.96. The van der Waals surface area contributed by atoms with E-state index in [2.05, 4.69) is 5.32 Å². The number of carbonyl (C=O) groups is 2. The van der Waals surface area contributed by atoms with Crippen molar-refractivity contribution >= 4 is 11.9 Å². The second-order valence-electron chi connectivity index (χ2n) is 5.92. The number of hydrogen-bond donors (Lipinski definition) is 1. The molecule has 1 atom stereocenters. The van der Waals surface area contributed by atoms with Crippen LogP contribution in [-0.2, 0) is 14.3 Å². The molecule has 4 heteroatoms. The molecule has 0 aromatic heterocycles. The van der Waals surface area contributed by atoms with E-state index in [-0.39, 0.29) is 17.9 Å². The zero-order valence-electron chi connectivity index (χ0n) is 12.9. The van der Waals surface area contributed by atoms with Crippen molar-refractivity contribution in [1.82, 2.24) is 5.32 Å². The van der Waals surface area contributed by atoms with E-state index in [4.69, 9.17) is 4.74 Å². The second-order valence-corrected chi connectivity index (χ2v) is 5.92. The molecule has 0 bridgehead atoms. The summed E-state index contributed by atoms with van der Waals surface area (Å²) in [6.07, 6.45) is 1.14. The molecular formula is C17H23NO3. The summed E-state index contributed by atoms with van der Waals surface area (Å²) in [5.74, 6) is -0.219. The van der Waals surface area contributed by atoms with E-state index in [1.54, 1.807) is 6.92 Å². The number of ether oxygens (including phenoxy) is 1. The summed E-state index contributed by atoms with van der Waals surface area (Å²) in [6.45, 7) is 6.04. The Bertz CT molecular complexity index is 506. The number of rotatable bonds is 5. The number of esters is 1. The largest absolute Gasteiger partial charge is 0.465 e. The number of amides is 1. The van der Waals surface area contributed by atoms with Crippen molar-refractivity contribution in [3.63, 3.8) is 0 Å². The summed E-state index contributed by atoms with van der Waals surface area (Å²) in [4.78, 5) is 24.8. The SMILES string of the molecule is CCOC(=O)C1(C(=O)N[C@H](C)c2ccccc2)CC(C)C1. The molecule has 0 unspecified atom stereocenters. The Balaban J connectivity index is 2.08. The smallest absolute Gasteiger partial charge is 0.321 e. The van der Waals surface area contributed by atoms with E-state index < -0.39 is 5.41 Å². The quantitative estimate of drug-likeness (QED) is 0.670. The molecule has 0 heterocycles. The Hall–Kier alpha value is -1.84. The number of hydrogen-bond acceptors (Lipinski definition) is 3. The molecule has 1 N–H and O–H groups in total. The summed E-state index contributed by atoms with van der Waals surface area (Å²) >= 11 is 0. The molecule has 1 aliphatic carbocycles. The van der Waals surface area contributed by atoms with E-state index >= 15 is 0 Å². The fourth-order valence-corrected chi connectivity index (χ4v) is 3.00. The highest BCUT2D eigenvalue weighted by atomic mass is 16.5. The molecule has 1 saturated carbocycles. The zero-order chi connectivity index (χ0) is 15.5. The molecule has 2 rings (SSSR count). The van der Waals surface area contributed by atoms with Crippen LogP contribution < -0.4 is 5.32 Å². The lowest BCUT2D eigenvalue weighted by Crippen LogP contribution is -2.55. The predicted molar refractivity (Wildman–Crippen MR) is 80.5 cm³/mol. The standard InChI is InChI=1S/C17H23NO3/c1-4-21-16(20)17(10-12(2)11-17)15(19)18-13(3)14-8-6-5-7-9-14/h5-9,12-13H,4,10-11H2,1-3H3,(H,18,19)/t12?,13-,17?/m1/s1. The number of nitrogens with one attached hydrogen (secondary N) is 1. The van der Waals surface area contributed by atoms with Gasteiger partial charge in [0.2, 0.25) is 5.91 Å². The van der Waals surface area contributed by atoms with Crippen LogP contribution in [0.25, 0.3) is 0 Å². The van der Waals surface area contributed by atoms with Gasteiger partial charge in [0.15, 0.2) is 0 Å². The first kappa shape index (κ1) is 15.5. The molecule has 21 heavy (non-hydrogen) atoms. The highest BCUT2D eigenvalue weighted by molar-refractivity contribution is 6.03. The summed E-state index contributed by atoms with van der Waals surface area (Å²) < 4.78 is 5.11. The molecule has 1 aliphatic rings. The average Bonchev–Trinajstić information content (AvgIpc) is 2.44. The Morgan fingerprint density at radius 1 is 1.33 bits per heavy atom. The van der Waals surface area contributed by atoms with E-state index in [9.17, 15) is 9.59 Å². The molecule has 0 radical (unpaired) electrons. The highest BCUT2D eigenvalue weighted by Crippen LogP contribution is 2.47. The Morgan fingerprint density at radius 2 is 1.95 bits per heavy atom. The van der Waals surface area contributed by atoms with Gasteiger partial charge in [0.05, 0.1) is 12.6 Å². The normalized spacial score (nSPS) is 25.6. The van der Waals surface area contributed by atoms with Gasteiger partial charge in [-0.1, -0.05) is 37.3 Å². The minimum atomic E-state index is -0.988. The summed E-state index contributed by atoms with van der Waals surface area (Å²) in [7, 11) is 0. The first-order valence-corrected chi connectivity index (χ1v) is 7.52. The van der Waals surface area contributed by atoms with Gasteiger partial charge >= 0.3 is 5.97 Å². The van der Waals surface area contributed by atoms with E-state index in [0.717, 1.165) is 5.56 Å². The average molecular weight is 289 g/mol. The van der Waals surface area contributed by atoms with Crippen molar-refractivity contribution in [2.24, 2.45) is 11.3 Å². The highest BCUT2D eigenvalue weighted by Gasteiger charge is 2.55. The second kappa shape index (κ2) is 6.29. The topological polar surface area (TPSA) is 55.4 Å². The third-order valence-electron chi connectivity index (χ3n) is 4.14. The van der Waals surface area contributed by atoms with Crippen LogP contribution in [0, 0.1) is 11.3 Å². The maximum absolute atomic E-state index is 12.6. The third-order valence-corrected chi connectivity index (χ3v) is 4.14. The monoisotopic (exact) mass is 289 g/mol. The van der Waals surface area contributed by atoms with Crippen molar-refractivity contribution in [3.8, 4) is 0 Å². The van der Waals surface area contributed by atoms with Gasteiger partial charge in [-0.3, -0.25) is 9.59 Å². The molecular weight excluding hydrogens is 266 g/mol. The fourth-order valence-electron chi connectivity index (χ4n) is 3.00. The van der Waals surface area contributed by atoms with Gasteiger partial charge in [-0.25, -0.2) is 0 Å². The van der Waals surface area contributed by atoms with Crippen LogP contribution in [0.4, 0.5) is 0 Å². The Labute approximate surface area is 125 Å². The maximum Gasteiger partial charge on any atom is 0.321 e. The van der Waals surface area contributed by atoms with Crippen LogP contribution in [0.3, 0.4) is 0 Å². The van der Waals surface area contributed by atoms with Gasteiger partial charge in [0.25, 0.3) is 0 Å². The van der Waals surface area contributed by atoms with Crippen molar-refractivity contribution in [3.05, 3.63) is 35.9 Å². The third kappa shape index (κ3) is 3.09. The molecule has 1 aromatic carbocycles. The summed E-state index contributed by atoms with van der Waals surface area (Å²) in [6, 6.07) is 9.61. The lowest BCUT2D eigenvalue weighted by molar-refractivity contribution is -0.170. The maximum atomic E-state index is 12.6. The van der Waals surface area contributed by atoms with E-state index in [1.807, 2.05) is 44.2 Å². The van der Waals surface area contributed by atoms with E-state index in [0.29, 0.717) is 25.4 Å². The Kier molecular flexibility index (Phi) is 4.66. The van der Waals surface area contributed by atoms with E-state index in [1.165, 1.54) is 0 Å². The van der Waals surface area contributed by atoms with Gasteiger partial charge < -0.3 is 10.1 Å². The molecule has 0 spiro atoms. The van der Waals surface area contributed by atoms with Gasteiger partial charge in [-0.2, -0.15) is 0 Å². The van der Waals surface area contributed by atoms with Crippen molar-refractivity contribution < 1.29 is 14.3 Å². The molecule has 0 aliphatic heterocycles. The molecule has 114 valence electrons.